The number of carbonyl (C=O) groups excluding carboxylic acids is 1. The molecule has 0 spiro atoms. The van der Waals surface area contributed by atoms with E-state index in [0.29, 0.717) is 30.3 Å². The number of anilines is 1. The van der Waals surface area contributed by atoms with Gasteiger partial charge >= 0.3 is 0 Å². The van der Waals surface area contributed by atoms with Crippen molar-refractivity contribution in [2.24, 2.45) is 0 Å². The minimum absolute atomic E-state index is 0.0639. The summed E-state index contributed by atoms with van der Waals surface area (Å²) in [6.07, 6.45) is 3.54. The summed E-state index contributed by atoms with van der Waals surface area (Å²) in [5.41, 5.74) is 2.55. The van der Waals surface area contributed by atoms with Crippen LogP contribution in [0.5, 0.6) is 5.88 Å². The lowest BCUT2D eigenvalue weighted by Gasteiger charge is -2.17. The van der Waals surface area contributed by atoms with Gasteiger partial charge in [0.05, 0.1) is 18.1 Å². The molecule has 2 atom stereocenters. The van der Waals surface area contributed by atoms with Crippen molar-refractivity contribution < 1.29 is 9.53 Å². The Bertz CT molecular complexity index is 1020. The number of nitrogens with one attached hydrogen (secondary N) is 1. The third-order valence-electron chi connectivity index (χ3n) is 5.03. The Labute approximate surface area is 169 Å². The molecule has 0 saturated carbocycles. The lowest BCUT2D eigenvalue weighted by Crippen LogP contribution is -2.29. The molecule has 7 heteroatoms. The van der Waals surface area contributed by atoms with Gasteiger partial charge in [0, 0.05) is 19.0 Å². The van der Waals surface area contributed by atoms with E-state index in [9.17, 15) is 4.79 Å². The van der Waals surface area contributed by atoms with E-state index in [4.69, 9.17) is 4.74 Å². The molecule has 2 aromatic heterocycles. The van der Waals surface area contributed by atoms with Gasteiger partial charge in [0.15, 0.2) is 5.82 Å². The van der Waals surface area contributed by atoms with E-state index in [-0.39, 0.29) is 18.1 Å². The molecule has 1 aromatic carbocycles. The maximum Gasteiger partial charge on any atom is 0.246 e. The van der Waals surface area contributed by atoms with Gasteiger partial charge in [-0.05, 0) is 24.6 Å². The minimum atomic E-state index is -0.0897. The number of amides is 1. The zero-order valence-corrected chi connectivity index (χ0v) is 16.3. The number of likely N-dealkylation sites (tertiary alicyclic amines) is 1. The number of rotatable bonds is 6. The molecule has 0 unspecified atom stereocenters. The van der Waals surface area contributed by atoms with Crippen LogP contribution in [0.25, 0.3) is 11.0 Å². The molecule has 3 aromatic rings. The lowest BCUT2D eigenvalue weighted by molar-refractivity contribution is -0.125. The zero-order chi connectivity index (χ0) is 20.2. The van der Waals surface area contributed by atoms with Gasteiger partial charge in [0.1, 0.15) is 17.9 Å². The number of hydrogen-bond donors (Lipinski definition) is 1. The fraction of sp³-hybridized carbons (Fsp3) is 0.273. The number of hydrogen-bond acceptors (Lipinski definition) is 6. The van der Waals surface area contributed by atoms with Crippen LogP contribution in [0.4, 0.5) is 5.82 Å². The molecule has 148 valence electrons. The number of pyridine rings is 1. The van der Waals surface area contributed by atoms with Crippen LogP contribution in [0, 0.1) is 0 Å². The van der Waals surface area contributed by atoms with E-state index in [2.05, 4.69) is 45.9 Å². The van der Waals surface area contributed by atoms with E-state index in [1.165, 1.54) is 12.4 Å². The molecule has 0 aliphatic carbocycles. The predicted molar refractivity (Wildman–Crippen MR) is 112 cm³/mol. The predicted octanol–water partition coefficient (Wildman–Crippen LogP) is 3.36. The average molecular weight is 389 g/mol. The number of fused-ring (bicyclic) bond motifs is 1. The van der Waals surface area contributed by atoms with Gasteiger partial charge < -0.3 is 15.0 Å². The first-order chi connectivity index (χ1) is 14.1. The van der Waals surface area contributed by atoms with Gasteiger partial charge in [-0.25, -0.2) is 15.0 Å². The smallest absolute Gasteiger partial charge is 0.246 e. The van der Waals surface area contributed by atoms with Gasteiger partial charge in [-0.3, -0.25) is 4.79 Å². The number of nitrogens with zero attached hydrogens (tertiary/aromatic N) is 4. The van der Waals surface area contributed by atoms with Crippen LogP contribution in [-0.4, -0.2) is 45.0 Å². The van der Waals surface area contributed by atoms with Crippen LogP contribution in [0.2, 0.25) is 0 Å². The van der Waals surface area contributed by atoms with Crippen molar-refractivity contribution >= 4 is 22.8 Å². The molecule has 7 nitrogen and oxygen atoms in total. The highest BCUT2D eigenvalue weighted by Crippen LogP contribution is 2.25. The van der Waals surface area contributed by atoms with E-state index >= 15 is 0 Å². The Morgan fingerprint density at radius 1 is 1.28 bits per heavy atom. The van der Waals surface area contributed by atoms with Gasteiger partial charge in [0.2, 0.25) is 11.8 Å². The molecule has 3 heterocycles. The van der Waals surface area contributed by atoms with Crippen LogP contribution in [-0.2, 0) is 4.79 Å². The summed E-state index contributed by atoms with van der Waals surface area (Å²) in [6.45, 7) is 6.81. The van der Waals surface area contributed by atoms with E-state index in [1.54, 1.807) is 11.0 Å². The Morgan fingerprint density at radius 3 is 2.90 bits per heavy atom. The maximum atomic E-state index is 11.8. The second kappa shape index (κ2) is 8.26. The first-order valence-electron chi connectivity index (χ1n) is 9.65. The third-order valence-corrected chi connectivity index (χ3v) is 5.03. The van der Waals surface area contributed by atoms with Crippen LogP contribution < -0.4 is 10.1 Å². The van der Waals surface area contributed by atoms with Crippen molar-refractivity contribution in [2.75, 3.05) is 18.4 Å². The lowest BCUT2D eigenvalue weighted by atomic mass is 10.1. The van der Waals surface area contributed by atoms with E-state index < -0.39 is 0 Å². The Kier molecular flexibility index (Phi) is 5.37. The zero-order valence-electron chi connectivity index (χ0n) is 16.3. The van der Waals surface area contributed by atoms with Gasteiger partial charge in [0.25, 0.3) is 0 Å². The molecular weight excluding hydrogens is 366 g/mol. The summed E-state index contributed by atoms with van der Waals surface area (Å²) >= 11 is 0. The summed E-state index contributed by atoms with van der Waals surface area (Å²) in [7, 11) is 0. The summed E-state index contributed by atoms with van der Waals surface area (Å²) < 4.78 is 6.03. The molecule has 1 N–H and O–H groups in total. The topological polar surface area (TPSA) is 80.2 Å². The summed E-state index contributed by atoms with van der Waals surface area (Å²) in [5, 5.41) is 3.42. The molecule has 1 fully saturated rings. The normalized spacial score (nSPS) is 17.1. The highest BCUT2D eigenvalue weighted by molar-refractivity contribution is 5.87. The Balaban J connectivity index is 1.53. The van der Waals surface area contributed by atoms with Crippen molar-refractivity contribution in [2.45, 2.75) is 25.5 Å². The summed E-state index contributed by atoms with van der Waals surface area (Å²) in [6, 6.07) is 13.9. The number of benzene rings is 1. The van der Waals surface area contributed by atoms with Gasteiger partial charge in [-0.2, -0.15) is 0 Å². The van der Waals surface area contributed by atoms with Crippen molar-refractivity contribution in [1.82, 2.24) is 19.9 Å². The van der Waals surface area contributed by atoms with Crippen molar-refractivity contribution in [3.63, 3.8) is 0 Å². The number of aromatic nitrogens is 3. The molecule has 0 bridgehead atoms. The molecule has 4 rings (SSSR count). The highest BCUT2D eigenvalue weighted by atomic mass is 16.5. The number of ether oxygens (including phenoxy) is 1. The largest absolute Gasteiger partial charge is 0.472 e. The molecule has 1 amide bonds. The Hall–Kier alpha value is -3.48. The Morgan fingerprint density at radius 2 is 2.10 bits per heavy atom. The van der Waals surface area contributed by atoms with Crippen LogP contribution in [0.1, 0.15) is 24.9 Å². The minimum Gasteiger partial charge on any atom is -0.472 e. The monoisotopic (exact) mass is 389 g/mol. The number of carbonyl (C=O) groups is 1. The fourth-order valence-corrected chi connectivity index (χ4v) is 3.45. The van der Waals surface area contributed by atoms with Crippen molar-refractivity contribution in [1.29, 1.82) is 0 Å². The van der Waals surface area contributed by atoms with Gasteiger partial charge in [-0.15, -0.1) is 0 Å². The first kappa shape index (κ1) is 18.9. The highest BCUT2D eigenvalue weighted by Gasteiger charge is 2.26. The third kappa shape index (κ3) is 4.18. The maximum absolute atomic E-state index is 11.8. The molecule has 1 aliphatic rings. The fourth-order valence-electron chi connectivity index (χ4n) is 3.45. The molecule has 1 saturated heterocycles. The SMILES string of the molecule is C=CC(=O)N1CC[C@H](Oc2ccc3ncnc(N[C@@H](C)c4ccccc4)c3n2)C1. The van der Waals surface area contributed by atoms with Gasteiger partial charge in [-0.1, -0.05) is 36.9 Å². The van der Waals surface area contributed by atoms with Crippen molar-refractivity contribution in [3.8, 4) is 5.88 Å². The standard InChI is InChI=1S/C22H23N5O2/c1-3-20(28)27-12-11-17(13-27)29-19-10-9-18-21(26-19)22(24-14-23-18)25-15(2)16-7-5-4-6-8-16/h3-10,14-15,17H,1,11-13H2,2H3,(H,23,24,25)/t15-,17-/m0/s1. The second-order valence-corrected chi connectivity index (χ2v) is 7.03. The molecule has 1 aliphatic heterocycles. The van der Waals surface area contributed by atoms with Crippen LogP contribution >= 0.6 is 0 Å². The average Bonchev–Trinajstić information content (AvgIpc) is 3.22. The molecular formula is C22H23N5O2. The summed E-state index contributed by atoms with van der Waals surface area (Å²) in [5.74, 6) is 1.09. The quantitative estimate of drug-likeness (QED) is 0.651. The second-order valence-electron chi connectivity index (χ2n) is 7.03. The van der Waals surface area contributed by atoms with E-state index in [0.717, 1.165) is 17.5 Å². The van der Waals surface area contributed by atoms with Crippen LogP contribution in [0.3, 0.4) is 0 Å². The first-order valence-corrected chi connectivity index (χ1v) is 9.65. The van der Waals surface area contributed by atoms with Crippen LogP contribution in [0.15, 0.2) is 61.4 Å². The summed E-state index contributed by atoms with van der Waals surface area (Å²) in [4.78, 5) is 26.8. The molecule has 29 heavy (non-hydrogen) atoms. The molecule has 0 radical (unpaired) electrons. The van der Waals surface area contributed by atoms with Crippen molar-refractivity contribution in [3.05, 3.63) is 67.0 Å². The van der Waals surface area contributed by atoms with E-state index in [1.807, 2.05) is 24.3 Å².